The van der Waals surface area contributed by atoms with E-state index in [0.717, 1.165) is 16.8 Å². The summed E-state index contributed by atoms with van der Waals surface area (Å²) in [7, 11) is 0. The Labute approximate surface area is 122 Å². The lowest BCUT2D eigenvalue weighted by Gasteiger charge is -2.23. The zero-order chi connectivity index (χ0) is 15.5. The highest BCUT2D eigenvalue weighted by atomic mass is 19.4. The van der Waals surface area contributed by atoms with Crippen molar-refractivity contribution >= 4 is 5.69 Å². The van der Waals surface area contributed by atoms with Gasteiger partial charge in [-0.1, -0.05) is 48.0 Å². The molecule has 1 unspecified atom stereocenters. The Hall–Kier alpha value is -1.97. The summed E-state index contributed by atoms with van der Waals surface area (Å²) in [5.74, 6) is 0. The number of halogens is 3. The third-order valence-electron chi connectivity index (χ3n) is 3.35. The number of alkyl halides is 3. The topological polar surface area (TPSA) is 12.0 Å². The zero-order valence-corrected chi connectivity index (χ0v) is 12.0. The Morgan fingerprint density at radius 1 is 1.00 bits per heavy atom. The summed E-state index contributed by atoms with van der Waals surface area (Å²) in [4.78, 5) is 0. The number of nitrogens with one attached hydrogen (secondary N) is 1. The first kappa shape index (κ1) is 15.4. The Balaban J connectivity index is 2.28. The summed E-state index contributed by atoms with van der Waals surface area (Å²) >= 11 is 0. The van der Waals surface area contributed by atoms with Gasteiger partial charge >= 0.3 is 6.18 Å². The van der Waals surface area contributed by atoms with E-state index in [2.05, 4.69) is 5.32 Å². The van der Waals surface area contributed by atoms with Crippen molar-refractivity contribution in [1.29, 1.82) is 0 Å². The highest BCUT2D eigenvalue weighted by molar-refractivity contribution is 5.53. The van der Waals surface area contributed by atoms with Crippen molar-refractivity contribution in [2.45, 2.75) is 32.5 Å². The highest BCUT2D eigenvalue weighted by Gasteiger charge is 2.32. The van der Waals surface area contributed by atoms with Crippen LogP contribution < -0.4 is 5.32 Å². The van der Waals surface area contributed by atoms with E-state index in [9.17, 15) is 13.2 Å². The lowest BCUT2D eigenvalue weighted by molar-refractivity contribution is -0.137. The molecule has 0 aromatic heterocycles. The predicted molar refractivity (Wildman–Crippen MR) is 79.4 cm³/mol. The Bertz CT molecular complexity index is 591. The maximum Gasteiger partial charge on any atom is 0.391 e. The minimum Gasteiger partial charge on any atom is -0.378 e. The van der Waals surface area contributed by atoms with Gasteiger partial charge in [-0.15, -0.1) is 0 Å². The third-order valence-corrected chi connectivity index (χ3v) is 3.35. The van der Waals surface area contributed by atoms with Crippen molar-refractivity contribution < 1.29 is 13.2 Å². The van der Waals surface area contributed by atoms with Crippen LogP contribution in [-0.4, -0.2) is 6.18 Å². The van der Waals surface area contributed by atoms with E-state index in [1.165, 1.54) is 0 Å². The second-order valence-corrected chi connectivity index (χ2v) is 5.25. The van der Waals surface area contributed by atoms with Gasteiger partial charge in [0, 0.05) is 5.69 Å². The van der Waals surface area contributed by atoms with Crippen LogP contribution in [-0.2, 0) is 0 Å². The second-order valence-electron chi connectivity index (χ2n) is 5.25. The van der Waals surface area contributed by atoms with Crippen LogP contribution in [0.4, 0.5) is 18.9 Å². The molecule has 0 fully saturated rings. The summed E-state index contributed by atoms with van der Waals surface area (Å²) < 4.78 is 38.5. The molecule has 0 heterocycles. The Kier molecular flexibility index (Phi) is 4.56. The summed E-state index contributed by atoms with van der Waals surface area (Å²) in [5, 5.41) is 3.03. The van der Waals surface area contributed by atoms with E-state index in [0.29, 0.717) is 5.56 Å². The van der Waals surface area contributed by atoms with Gasteiger partial charge in [0.1, 0.15) is 0 Å². The molecule has 0 radical (unpaired) electrons. The second kappa shape index (κ2) is 6.20. The molecule has 112 valence electrons. The lowest BCUT2D eigenvalue weighted by Crippen LogP contribution is -2.20. The SMILES string of the molecule is Cc1ccc(NC(CC(F)(F)F)c2ccccc2)c(C)c1. The zero-order valence-electron chi connectivity index (χ0n) is 12.0. The molecule has 0 aliphatic rings. The van der Waals surface area contributed by atoms with E-state index in [1.54, 1.807) is 30.3 Å². The fourth-order valence-electron chi connectivity index (χ4n) is 2.33. The van der Waals surface area contributed by atoms with Crippen LogP contribution >= 0.6 is 0 Å². The summed E-state index contributed by atoms with van der Waals surface area (Å²) in [6.07, 6.45) is -5.11. The molecule has 0 aliphatic heterocycles. The molecule has 2 aromatic rings. The molecule has 0 amide bonds. The summed E-state index contributed by atoms with van der Waals surface area (Å²) in [6, 6.07) is 13.6. The number of anilines is 1. The van der Waals surface area contributed by atoms with Gasteiger partial charge in [0.2, 0.25) is 0 Å². The van der Waals surface area contributed by atoms with Crippen LogP contribution in [0.5, 0.6) is 0 Å². The molecule has 1 atom stereocenters. The first-order chi connectivity index (χ1) is 9.85. The molecule has 0 bridgehead atoms. The van der Waals surface area contributed by atoms with Gasteiger partial charge in [-0.25, -0.2) is 0 Å². The molecular weight excluding hydrogens is 275 g/mol. The minimum atomic E-state index is -4.22. The highest BCUT2D eigenvalue weighted by Crippen LogP contribution is 2.33. The van der Waals surface area contributed by atoms with Gasteiger partial charge in [-0.3, -0.25) is 0 Å². The van der Waals surface area contributed by atoms with Crippen LogP contribution in [0.2, 0.25) is 0 Å². The number of aryl methyl sites for hydroxylation is 2. The van der Waals surface area contributed by atoms with Crippen molar-refractivity contribution in [3.05, 3.63) is 65.2 Å². The van der Waals surface area contributed by atoms with Gasteiger partial charge in [0.15, 0.2) is 0 Å². The molecule has 0 saturated carbocycles. The van der Waals surface area contributed by atoms with E-state index in [1.807, 2.05) is 32.0 Å². The average molecular weight is 293 g/mol. The molecule has 2 aromatic carbocycles. The molecule has 0 saturated heterocycles. The van der Waals surface area contributed by atoms with Crippen molar-refractivity contribution in [3.8, 4) is 0 Å². The number of hydrogen-bond acceptors (Lipinski definition) is 1. The maximum atomic E-state index is 12.8. The van der Waals surface area contributed by atoms with Gasteiger partial charge in [-0.2, -0.15) is 13.2 Å². The fraction of sp³-hybridized carbons (Fsp3) is 0.294. The van der Waals surface area contributed by atoms with Crippen molar-refractivity contribution in [2.75, 3.05) is 5.32 Å². The van der Waals surface area contributed by atoms with Gasteiger partial charge in [0.05, 0.1) is 12.5 Å². The number of benzene rings is 2. The van der Waals surface area contributed by atoms with Gasteiger partial charge < -0.3 is 5.32 Å². The van der Waals surface area contributed by atoms with Crippen molar-refractivity contribution in [1.82, 2.24) is 0 Å². The number of rotatable bonds is 4. The van der Waals surface area contributed by atoms with E-state index in [4.69, 9.17) is 0 Å². The third kappa shape index (κ3) is 4.52. The smallest absolute Gasteiger partial charge is 0.378 e. The first-order valence-corrected chi connectivity index (χ1v) is 6.80. The molecule has 0 aliphatic carbocycles. The Morgan fingerprint density at radius 3 is 2.24 bits per heavy atom. The molecular formula is C17H18F3N. The van der Waals surface area contributed by atoms with E-state index < -0.39 is 18.6 Å². The average Bonchev–Trinajstić information content (AvgIpc) is 2.40. The molecule has 0 spiro atoms. The monoisotopic (exact) mass is 293 g/mol. The van der Waals surface area contributed by atoms with Gasteiger partial charge in [0.25, 0.3) is 0 Å². The largest absolute Gasteiger partial charge is 0.391 e. The van der Waals surface area contributed by atoms with Gasteiger partial charge in [-0.05, 0) is 31.0 Å². The van der Waals surface area contributed by atoms with Crippen LogP contribution in [0, 0.1) is 13.8 Å². The normalized spacial score (nSPS) is 13.0. The minimum absolute atomic E-state index is 0.634. The number of hydrogen-bond donors (Lipinski definition) is 1. The lowest BCUT2D eigenvalue weighted by atomic mass is 10.0. The van der Waals surface area contributed by atoms with Crippen LogP contribution in [0.3, 0.4) is 0 Å². The summed E-state index contributed by atoms with van der Waals surface area (Å²) in [5.41, 5.74) is 3.40. The Morgan fingerprint density at radius 2 is 1.67 bits per heavy atom. The molecule has 1 nitrogen and oxygen atoms in total. The van der Waals surface area contributed by atoms with Crippen LogP contribution in [0.1, 0.15) is 29.2 Å². The fourth-order valence-corrected chi connectivity index (χ4v) is 2.33. The molecule has 21 heavy (non-hydrogen) atoms. The molecule has 1 N–H and O–H groups in total. The van der Waals surface area contributed by atoms with Crippen LogP contribution in [0.25, 0.3) is 0 Å². The maximum absolute atomic E-state index is 12.8. The quantitative estimate of drug-likeness (QED) is 0.794. The molecule has 4 heteroatoms. The molecule has 2 rings (SSSR count). The standard InChI is InChI=1S/C17H18F3N/c1-12-8-9-15(13(2)10-12)21-16(11-17(18,19)20)14-6-4-3-5-7-14/h3-10,16,21H,11H2,1-2H3. The predicted octanol–water partition coefficient (Wildman–Crippen LogP) is 5.41. The van der Waals surface area contributed by atoms with Crippen LogP contribution in [0.15, 0.2) is 48.5 Å². The van der Waals surface area contributed by atoms with E-state index >= 15 is 0 Å². The van der Waals surface area contributed by atoms with E-state index in [-0.39, 0.29) is 0 Å². The first-order valence-electron chi connectivity index (χ1n) is 6.80. The van der Waals surface area contributed by atoms with Crippen molar-refractivity contribution in [2.24, 2.45) is 0 Å². The van der Waals surface area contributed by atoms with Crippen molar-refractivity contribution in [3.63, 3.8) is 0 Å². The summed E-state index contributed by atoms with van der Waals surface area (Å²) in [6.45, 7) is 3.85.